The second kappa shape index (κ2) is 14.6. The number of hydrogen-bond donors (Lipinski definition) is 2. The van der Waals surface area contributed by atoms with Gasteiger partial charge in [-0.05, 0) is 54.8 Å². The fourth-order valence-corrected chi connectivity index (χ4v) is 6.58. The lowest BCUT2D eigenvalue weighted by Gasteiger charge is -2.29. The molecule has 0 spiro atoms. The zero-order chi connectivity index (χ0) is 29.5. The summed E-state index contributed by atoms with van der Waals surface area (Å²) in [7, 11) is 1.55. The Morgan fingerprint density at radius 1 is 0.977 bits per heavy atom. The maximum absolute atomic E-state index is 13.7. The van der Waals surface area contributed by atoms with Crippen molar-refractivity contribution in [2.45, 2.75) is 12.8 Å². The van der Waals surface area contributed by atoms with Gasteiger partial charge in [-0.1, -0.05) is 66.4 Å². The molecule has 0 saturated heterocycles. The molecule has 3 aromatic carbocycles. The second-order valence-electron chi connectivity index (χ2n) is 9.31. The standard InChI is InChI=1S/C33H28N4O3S2.ClH/c1-22-30(32(39)36-26-16-9-10-17-27(26)40-2)31(28-18-11-19-41-28)25(20-34)33(35-22)42-21-29(38)37(23-12-5-3-6-13-23)24-14-7-4-8-15-24;/h3-19,31,35H,21H2,1-2H3,(H,36,39);1H. The monoisotopic (exact) mass is 628 g/mol. The number of thioether (sulfide) groups is 1. The first kappa shape index (κ1) is 31.4. The first-order valence-electron chi connectivity index (χ1n) is 13.2. The van der Waals surface area contributed by atoms with E-state index in [1.165, 1.54) is 23.1 Å². The molecule has 7 nitrogen and oxygen atoms in total. The summed E-state index contributed by atoms with van der Waals surface area (Å²) in [6.07, 6.45) is 0. The van der Waals surface area contributed by atoms with E-state index < -0.39 is 5.92 Å². The Balaban J connectivity index is 0.00000423. The number of nitrogens with zero attached hydrogens (tertiary/aromatic N) is 2. The van der Waals surface area contributed by atoms with E-state index in [4.69, 9.17) is 4.74 Å². The molecule has 1 aliphatic heterocycles. The first-order valence-corrected chi connectivity index (χ1v) is 15.0. The van der Waals surface area contributed by atoms with Crippen molar-refractivity contribution >= 4 is 64.4 Å². The molecule has 0 bridgehead atoms. The normalized spacial score (nSPS) is 14.2. The summed E-state index contributed by atoms with van der Waals surface area (Å²) in [5.41, 5.74) is 3.47. The van der Waals surface area contributed by atoms with Crippen LogP contribution >= 0.6 is 35.5 Å². The first-order chi connectivity index (χ1) is 20.5. The predicted octanol–water partition coefficient (Wildman–Crippen LogP) is 7.61. The molecule has 1 aliphatic rings. The van der Waals surface area contributed by atoms with Crippen molar-refractivity contribution in [2.24, 2.45) is 0 Å². The average Bonchev–Trinajstić information content (AvgIpc) is 3.56. The molecule has 43 heavy (non-hydrogen) atoms. The van der Waals surface area contributed by atoms with Crippen LogP contribution in [-0.2, 0) is 9.59 Å². The van der Waals surface area contributed by atoms with Crippen LogP contribution in [0.5, 0.6) is 5.75 Å². The zero-order valence-corrected chi connectivity index (χ0v) is 25.9. The van der Waals surface area contributed by atoms with Gasteiger partial charge in [0.2, 0.25) is 5.91 Å². The van der Waals surface area contributed by atoms with Crippen LogP contribution in [0.15, 0.2) is 124 Å². The third-order valence-electron chi connectivity index (χ3n) is 6.69. The van der Waals surface area contributed by atoms with Crippen LogP contribution in [0, 0.1) is 11.3 Å². The van der Waals surface area contributed by atoms with Gasteiger partial charge in [-0.3, -0.25) is 14.5 Å². The molecule has 5 rings (SSSR count). The molecule has 0 saturated carbocycles. The minimum absolute atomic E-state index is 0. The topological polar surface area (TPSA) is 94.5 Å². The maximum Gasteiger partial charge on any atom is 0.254 e. The molecule has 2 heterocycles. The number of benzene rings is 3. The predicted molar refractivity (Wildman–Crippen MR) is 177 cm³/mol. The van der Waals surface area contributed by atoms with Crippen molar-refractivity contribution in [1.29, 1.82) is 5.26 Å². The van der Waals surface area contributed by atoms with Gasteiger partial charge in [0.25, 0.3) is 5.91 Å². The SMILES string of the molecule is COc1ccccc1NC(=O)C1=C(C)NC(SCC(=O)N(c2ccccc2)c2ccccc2)=C(C#N)C1c1cccs1.Cl. The summed E-state index contributed by atoms with van der Waals surface area (Å²) >= 11 is 2.73. The molecule has 10 heteroatoms. The Bertz CT molecular complexity index is 1640. The zero-order valence-electron chi connectivity index (χ0n) is 23.4. The van der Waals surface area contributed by atoms with Gasteiger partial charge in [-0.25, -0.2) is 0 Å². The van der Waals surface area contributed by atoms with E-state index in [9.17, 15) is 14.9 Å². The highest BCUT2D eigenvalue weighted by Crippen LogP contribution is 2.43. The fourth-order valence-electron chi connectivity index (χ4n) is 4.79. The van der Waals surface area contributed by atoms with E-state index in [0.717, 1.165) is 16.3 Å². The number of carbonyl (C=O) groups is 2. The number of allylic oxidation sites excluding steroid dienone is 2. The number of methoxy groups -OCH3 is 1. The van der Waals surface area contributed by atoms with E-state index in [2.05, 4.69) is 16.7 Å². The Morgan fingerprint density at radius 3 is 2.19 bits per heavy atom. The summed E-state index contributed by atoms with van der Waals surface area (Å²) in [4.78, 5) is 30.0. The van der Waals surface area contributed by atoms with Crippen LogP contribution in [0.4, 0.5) is 17.1 Å². The molecule has 218 valence electrons. The number of amides is 2. The van der Waals surface area contributed by atoms with Gasteiger partial charge >= 0.3 is 0 Å². The molecule has 0 aliphatic carbocycles. The molecule has 4 aromatic rings. The number of anilines is 3. The highest BCUT2D eigenvalue weighted by Gasteiger charge is 2.36. The van der Waals surface area contributed by atoms with E-state index in [-0.39, 0.29) is 30.0 Å². The summed E-state index contributed by atoms with van der Waals surface area (Å²) in [6.45, 7) is 1.81. The summed E-state index contributed by atoms with van der Waals surface area (Å²) in [5.74, 6) is -0.464. The van der Waals surface area contributed by atoms with E-state index in [1.54, 1.807) is 24.1 Å². The molecule has 1 unspecified atom stereocenters. The number of hydrogen-bond acceptors (Lipinski definition) is 7. The molecular formula is C33H29ClN4O3S2. The van der Waals surface area contributed by atoms with Gasteiger partial charge in [-0.2, -0.15) is 5.26 Å². The number of nitriles is 1. The number of para-hydroxylation sites is 4. The molecule has 2 amide bonds. The Morgan fingerprint density at radius 2 is 1.60 bits per heavy atom. The quantitative estimate of drug-likeness (QED) is 0.198. The number of nitrogens with one attached hydrogen (secondary N) is 2. The smallest absolute Gasteiger partial charge is 0.254 e. The van der Waals surface area contributed by atoms with E-state index in [1.807, 2.05) is 97.2 Å². The van der Waals surface area contributed by atoms with Crippen molar-refractivity contribution in [2.75, 3.05) is 23.1 Å². The van der Waals surface area contributed by atoms with Gasteiger partial charge in [0.1, 0.15) is 5.75 Å². The van der Waals surface area contributed by atoms with Crippen LogP contribution in [0.1, 0.15) is 17.7 Å². The van der Waals surface area contributed by atoms with Crippen molar-refractivity contribution < 1.29 is 14.3 Å². The van der Waals surface area contributed by atoms with Crippen molar-refractivity contribution in [3.63, 3.8) is 0 Å². The van der Waals surface area contributed by atoms with Crippen LogP contribution in [-0.4, -0.2) is 24.7 Å². The van der Waals surface area contributed by atoms with Crippen molar-refractivity contribution in [3.8, 4) is 11.8 Å². The van der Waals surface area contributed by atoms with Gasteiger partial charge in [0.05, 0.1) is 41.1 Å². The molecule has 0 radical (unpaired) electrons. The molecule has 1 aromatic heterocycles. The van der Waals surface area contributed by atoms with Crippen LogP contribution in [0.3, 0.4) is 0 Å². The van der Waals surface area contributed by atoms with Gasteiger partial charge < -0.3 is 15.4 Å². The molecule has 1 atom stereocenters. The fraction of sp³-hybridized carbons (Fsp3) is 0.121. The third-order valence-corrected chi connectivity index (χ3v) is 8.63. The summed E-state index contributed by atoms with van der Waals surface area (Å²) < 4.78 is 5.41. The number of carbonyl (C=O) groups excluding carboxylic acids is 2. The van der Waals surface area contributed by atoms with Gasteiger partial charge in [0.15, 0.2) is 0 Å². The van der Waals surface area contributed by atoms with Crippen LogP contribution in [0.2, 0.25) is 0 Å². The van der Waals surface area contributed by atoms with E-state index >= 15 is 0 Å². The van der Waals surface area contributed by atoms with Crippen molar-refractivity contribution in [3.05, 3.63) is 129 Å². The molecule has 0 fully saturated rings. The maximum atomic E-state index is 13.7. The van der Waals surface area contributed by atoms with Crippen LogP contribution in [0.25, 0.3) is 0 Å². The summed E-state index contributed by atoms with van der Waals surface area (Å²) in [5, 5.41) is 19.1. The summed E-state index contributed by atoms with van der Waals surface area (Å²) in [6, 6.07) is 32.3. The minimum atomic E-state index is -0.595. The van der Waals surface area contributed by atoms with Crippen molar-refractivity contribution in [1.82, 2.24) is 5.32 Å². The van der Waals surface area contributed by atoms with E-state index in [0.29, 0.717) is 33.3 Å². The minimum Gasteiger partial charge on any atom is -0.495 e. The second-order valence-corrected chi connectivity index (χ2v) is 11.3. The number of ether oxygens (including phenoxy) is 1. The lowest BCUT2D eigenvalue weighted by atomic mass is 9.86. The Hall–Kier alpha value is -4.49. The van der Waals surface area contributed by atoms with Gasteiger partial charge in [0, 0.05) is 27.5 Å². The Labute approximate surface area is 265 Å². The molecule has 2 N–H and O–H groups in total. The Kier molecular flexibility index (Phi) is 10.7. The van der Waals surface area contributed by atoms with Crippen LogP contribution < -0.4 is 20.3 Å². The average molecular weight is 629 g/mol. The highest BCUT2D eigenvalue weighted by molar-refractivity contribution is 8.03. The highest BCUT2D eigenvalue weighted by atomic mass is 35.5. The lowest BCUT2D eigenvalue weighted by Crippen LogP contribution is -2.32. The number of rotatable bonds is 9. The number of halogens is 1. The largest absolute Gasteiger partial charge is 0.495 e. The number of thiophene rings is 1. The molecular weight excluding hydrogens is 600 g/mol. The van der Waals surface area contributed by atoms with Gasteiger partial charge in [-0.15, -0.1) is 23.7 Å². The third kappa shape index (κ3) is 6.95. The number of dihydropyridines is 1. The lowest BCUT2D eigenvalue weighted by molar-refractivity contribution is -0.115.